The number of nitrogens with zero attached hydrogens (tertiary/aromatic N) is 4. The number of pyridine rings is 1. The van der Waals surface area contributed by atoms with Crippen LogP contribution in [0, 0.1) is 11.3 Å². The summed E-state index contributed by atoms with van der Waals surface area (Å²) in [4.78, 5) is 7.43. The molecule has 1 fully saturated rings. The summed E-state index contributed by atoms with van der Waals surface area (Å²) in [7, 11) is -0.769. The Morgan fingerprint density at radius 3 is 3.00 bits per heavy atom. The van der Waals surface area contributed by atoms with Gasteiger partial charge in [-0.3, -0.25) is 8.89 Å². The maximum Gasteiger partial charge on any atom is 0.137 e. The van der Waals surface area contributed by atoms with Gasteiger partial charge in [0.15, 0.2) is 0 Å². The molecule has 3 aromatic rings. The van der Waals surface area contributed by atoms with Crippen molar-refractivity contribution in [3.8, 4) is 17.2 Å². The lowest BCUT2D eigenvalue weighted by Crippen LogP contribution is -2.40. The van der Waals surface area contributed by atoms with Crippen molar-refractivity contribution in [3.05, 3.63) is 36.9 Å². The molecule has 0 amide bonds. The molecule has 122 valence electrons. The maximum atomic E-state index is 11.7. The summed E-state index contributed by atoms with van der Waals surface area (Å²) >= 11 is 0. The first-order valence-electron chi connectivity index (χ1n) is 7.91. The van der Waals surface area contributed by atoms with Crippen LogP contribution in [-0.4, -0.2) is 35.5 Å². The molecule has 24 heavy (non-hydrogen) atoms. The van der Waals surface area contributed by atoms with Crippen LogP contribution in [0.2, 0.25) is 0 Å². The minimum Gasteiger partial charge on any atom is -0.346 e. The topological polar surface area (TPSA) is 87.4 Å². The number of aromatic amines is 1. The first-order valence-corrected chi connectivity index (χ1v) is 9.40. The van der Waals surface area contributed by atoms with E-state index in [4.69, 9.17) is 0 Å². The Kier molecular flexibility index (Phi) is 3.69. The van der Waals surface area contributed by atoms with Crippen LogP contribution >= 0.6 is 0 Å². The minimum absolute atomic E-state index is 0.342. The summed E-state index contributed by atoms with van der Waals surface area (Å²) in [6.07, 6.45) is 9.34. The van der Waals surface area contributed by atoms with E-state index in [0.717, 1.165) is 35.0 Å². The average Bonchev–Trinajstić information content (AvgIpc) is 3.26. The fourth-order valence-electron chi connectivity index (χ4n) is 3.40. The van der Waals surface area contributed by atoms with Gasteiger partial charge in [-0.25, -0.2) is 4.98 Å². The molecule has 1 N–H and O–H groups in total. The van der Waals surface area contributed by atoms with Crippen molar-refractivity contribution in [1.82, 2.24) is 19.7 Å². The van der Waals surface area contributed by atoms with Gasteiger partial charge in [-0.15, -0.1) is 0 Å². The third kappa shape index (κ3) is 2.43. The molecule has 0 atom stereocenters. The Balaban J connectivity index is 1.75. The second-order valence-electron chi connectivity index (χ2n) is 6.18. The molecular formula is C17H17N5OS. The van der Waals surface area contributed by atoms with Gasteiger partial charge in [0.2, 0.25) is 0 Å². The summed E-state index contributed by atoms with van der Waals surface area (Å²) in [5, 5.41) is 14.9. The number of H-pyrrole nitrogens is 1. The predicted octanol–water partition coefficient (Wildman–Crippen LogP) is 2.58. The van der Waals surface area contributed by atoms with Gasteiger partial charge in [-0.05, 0) is 30.5 Å². The van der Waals surface area contributed by atoms with Gasteiger partial charge in [0.25, 0.3) is 0 Å². The van der Waals surface area contributed by atoms with Crippen LogP contribution in [-0.2, 0) is 16.3 Å². The summed E-state index contributed by atoms with van der Waals surface area (Å²) in [6, 6.07) is 6.27. The van der Waals surface area contributed by atoms with Crippen molar-refractivity contribution < 1.29 is 4.21 Å². The van der Waals surface area contributed by atoms with E-state index in [-0.39, 0.29) is 5.54 Å². The molecule has 4 heterocycles. The molecule has 0 spiro atoms. The Morgan fingerprint density at radius 1 is 1.38 bits per heavy atom. The van der Waals surface area contributed by atoms with Gasteiger partial charge in [0.05, 0.1) is 24.2 Å². The third-order valence-corrected chi connectivity index (χ3v) is 6.16. The number of hydrogen-bond donors (Lipinski definition) is 1. The van der Waals surface area contributed by atoms with Gasteiger partial charge in [0.1, 0.15) is 5.65 Å². The van der Waals surface area contributed by atoms with E-state index >= 15 is 0 Å². The van der Waals surface area contributed by atoms with E-state index in [0.29, 0.717) is 17.9 Å². The molecule has 0 radical (unpaired) electrons. The first-order chi connectivity index (χ1) is 11.7. The number of rotatable bonds is 3. The van der Waals surface area contributed by atoms with E-state index in [1.807, 2.05) is 35.4 Å². The number of nitrogens with one attached hydrogen (secondary N) is 1. The SMILES string of the molecule is N#CCC1(n2cc(-c3ccnc4[nH]ccc34)cn2)CCS(=O)CC1. The molecule has 0 bridgehead atoms. The van der Waals surface area contributed by atoms with E-state index in [2.05, 4.69) is 21.1 Å². The monoisotopic (exact) mass is 339 g/mol. The van der Waals surface area contributed by atoms with Crippen LogP contribution in [0.25, 0.3) is 22.2 Å². The van der Waals surface area contributed by atoms with E-state index in [1.54, 1.807) is 6.20 Å². The molecule has 1 saturated heterocycles. The van der Waals surface area contributed by atoms with Crippen LogP contribution in [0.15, 0.2) is 36.9 Å². The van der Waals surface area contributed by atoms with Gasteiger partial charge < -0.3 is 4.98 Å². The summed E-state index contributed by atoms with van der Waals surface area (Å²) in [5.41, 5.74) is 2.58. The third-order valence-electron chi connectivity index (χ3n) is 4.84. The minimum atomic E-state index is -0.769. The van der Waals surface area contributed by atoms with Gasteiger partial charge in [0, 0.05) is 51.8 Å². The normalized spacial score (nSPS) is 24.0. The predicted molar refractivity (Wildman–Crippen MR) is 92.6 cm³/mol. The number of fused-ring (bicyclic) bond motifs is 1. The summed E-state index contributed by atoms with van der Waals surface area (Å²) in [6.45, 7) is 0. The molecule has 6 nitrogen and oxygen atoms in total. The smallest absolute Gasteiger partial charge is 0.137 e. The molecule has 3 aromatic heterocycles. The molecule has 0 aromatic carbocycles. The zero-order chi connectivity index (χ0) is 16.6. The van der Waals surface area contributed by atoms with Crippen LogP contribution in [0.3, 0.4) is 0 Å². The van der Waals surface area contributed by atoms with Crippen molar-refractivity contribution in [3.63, 3.8) is 0 Å². The van der Waals surface area contributed by atoms with Crippen LogP contribution < -0.4 is 0 Å². The zero-order valence-corrected chi connectivity index (χ0v) is 13.9. The zero-order valence-electron chi connectivity index (χ0n) is 13.1. The largest absolute Gasteiger partial charge is 0.346 e. The standard InChI is InChI=1S/C17H17N5OS/c18-6-3-17(4-9-24(23)10-5-17)22-12-13(11-21-22)14-1-7-19-16-15(14)2-8-20-16/h1-2,7-8,11-12H,3-5,9-10H2,(H,19,20). The van der Waals surface area contributed by atoms with Gasteiger partial charge >= 0.3 is 0 Å². The quantitative estimate of drug-likeness (QED) is 0.794. The summed E-state index contributed by atoms with van der Waals surface area (Å²) < 4.78 is 13.6. The molecule has 0 saturated carbocycles. The first kappa shape index (κ1) is 15.1. The number of aromatic nitrogens is 4. The van der Waals surface area contributed by atoms with Crippen molar-refractivity contribution in [2.45, 2.75) is 24.8 Å². The Morgan fingerprint density at radius 2 is 2.21 bits per heavy atom. The van der Waals surface area contributed by atoms with E-state index < -0.39 is 10.8 Å². The van der Waals surface area contributed by atoms with Crippen molar-refractivity contribution >= 4 is 21.8 Å². The highest BCUT2D eigenvalue weighted by atomic mass is 32.2. The molecule has 0 aliphatic carbocycles. The van der Waals surface area contributed by atoms with Crippen molar-refractivity contribution in [2.75, 3.05) is 11.5 Å². The second kappa shape index (κ2) is 5.87. The molecule has 4 rings (SSSR count). The lowest BCUT2D eigenvalue weighted by Gasteiger charge is -2.35. The van der Waals surface area contributed by atoms with Gasteiger partial charge in [-0.1, -0.05) is 0 Å². The number of hydrogen-bond acceptors (Lipinski definition) is 4. The Labute approximate surface area is 142 Å². The fraction of sp³-hybridized carbons (Fsp3) is 0.353. The summed E-state index contributed by atoms with van der Waals surface area (Å²) in [5.74, 6) is 1.27. The highest BCUT2D eigenvalue weighted by molar-refractivity contribution is 7.85. The second-order valence-corrected chi connectivity index (χ2v) is 7.88. The average molecular weight is 339 g/mol. The maximum absolute atomic E-state index is 11.7. The van der Waals surface area contributed by atoms with Crippen molar-refractivity contribution in [2.24, 2.45) is 0 Å². The molecule has 0 unspecified atom stereocenters. The Hall–Kier alpha value is -2.46. The van der Waals surface area contributed by atoms with Crippen LogP contribution in [0.5, 0.6) is 0 Å². The molecule has 1 aliphatic heterocycles. The van der Waals surface area contributed by atoms with Gasteiger partial charge in [-0.2, -0.15) is 10.4 Å². The van der Waals surface area contributed by atoms with Crippen LogP contribution in [0.4, 0.5) is 0 Å². The van der Waals surface area contributed by atoms with E-state index in [1.165, 1.54) is 0 Å². The highest BCUT2D eigenvalue weighted by Gasteiger charge is 2.37. The van der Waals surface area contributed by atoms with Crippen LogP contribution in [0.1, 0.15) is 19.3 Å². The molecular weight excluding hydrogens is 322 g/mol. The number of nitriles is 1. The van der Waals surface area contributed by atoms with E-state index in [9.17, 15) is 9.47 Å². The molecule has 1 aliphatic rings. The van der Waals surface area contributed by atoms with Crippen molar-refractivity contribution in [1.29, 1.82) is 5.26 Å². The highest BCUT2D eigenvalue weighted by Crippen LogP contribution is 2.35. The Bertz CT molecular complexity index is 941. The molecule has 7 heteroatoms. The lowest BCUT2D eigenvalue weighted by molar-refractivity contribution is 0.237. The fourth-order valence-corrected chi connectivity index (χ4v) is 4.82. The lowest BCUT2D eigenvalue weighted by atomic mass is 9.89.